The number of hydrogen-bond donors (Lipinski definition) is 1. The predicted octanol–water partition coefficient (Wildman–Crippen LogP) is 4.38. The average Bonchev–Trinajstić information content (AvgIpc) is 3.27. The molecule has 0 saturated carbocycles. The number of carbonyl (C=O) groups is 2. The monoisotopic (exact) mass is 459 g/mol. The molecule has 2 heterocycles. The van der Waals surface area contributed by atoms with E-state index >= 15 is 0 Å². The Balaban J connectivity index is 1.60. The number of carbonyl (C=O) groups excluding carboxylic acids is 2. The van der Waals surface area contributed by atoms with Crippen LogP contribution in [0.1, 0.15) is 30.2 Å². The van der Waals surface area contributed by atoms with Crippen molar-refractivity contribution in [1.29, 1.82) is 0 Å². The molecule has 0 unspecified atom stereocenters. The zero-order valence-corrected chi connectivity index (χ0v) is 18.5. The van der Waals surface area contributed by atoms with Crippen molar-refractivity contribution < 1.29 is 19.2 Å². The molecule has 0 spiro atoms. The number of ether oxygens (including phenoxy) is 1. The Morgan fingerprint density at radius 2 is 1.82 bits per heavy atom. The van der Waals surface area contributed by atoms with Gasteiger partial charge in [-0.3, -0.25) is 14.9 Å². The van der Waals surface area contributed by atoms with Crippen LogP contribution < -0.4 is 5.32 Å². The molecule has 0 aliphatic rings. The van der Waals surface area contributed by atoms with E-state index in [1.807, 2.05) is 44.2 Å². The summed E-state index contributed by atoms with van der Waals surface area (Å²) in [5.41, 5.74) is 1.87. The lowest BCUT2D eigenvalue weighted by atomic mass is 10.1. The molecule has 0 bridgehead atoms. The van der Waals surface area contributed by atoms with Gasteiger partial charge in [-0.05, 0) is 26.0 Å². The van der Waals surface area contributed by atoms with Crippen molar-refractivity contribution in [3.63, 3.8) is 0 Å². The van der Waals surface area contributed by atoms with Crippen LogP contribution in [0.3, 0.4) is 0 Å². The number of esters is 1. The van der Waals surface area contributed by atoms with E-state index in [4.69, 9.17) is 9.72 Å². The molecule has 0 saturated heterocycles. The zero-order valence-electron chi connectivity index (χ0n) is 18.5. The van der Waals surface area contributed by atoms with Crippen molar-refractivity contribution >= 4 is 34.3 Å². The van der Waals surface area contributed by atoms with Gasteiger partial charge in [0, 0.05) is 17.7 Å². The van der Waals surface area contributed by atoms with Crippen molar-refractivity contribution in [3.05, 3.63) is 82.5 Å². The SMILES string of the molecule is CC(C)n1ncc2c(C(=O)OCC(=O)Nc3ccccc3[N+](=O)[O-])cc(-c3ccccc3)nc21. The molecule has 4 aromatic rings. The first-order valence-electron chi connectivity index (χ1n) is 10.5. The smallest absolute Gasteiger partial charge is 0.339 e. The van der Waals surface area contributed by atoms with Gasteiger partial charge in [0.1, 0.15) is 5.69 Å². The first kappa shape index (κ1) is 22.6. The van der Waals surface area contributed by atoms with Gasteiger partial charge < -0.3 is 10.1 Å². The molecule has 10 heteroatoms. The number of rotatable bonds is 7. The molecular weight excluding hydrogens is 438 g/mol. The molecule has 34 heavy (non-hydrogen) atoms. The van der Waals surface area contributed by atoms with Gasteiger partial charge in [-0.1, -0.05) is 42.5 Å². The standard InChI is InChI=1S/C24H21N5O5/c1-15(2)28-23-18(13-25-28)17(12-20(27-23)16-8-4-3-5-9-16)24(31)34-14-22(30)26-19-10-6-7-11-21(19)29(32)33/h3-13,15H,14H2,1-2H3,(H,26,30). The van der Waals surface area contributed by atoms with Crippen LogP contribution in [0.4, 0.5) is 11.4 Å². The molecule has 10 nitrogen and oxygen atoms in total. The summed E-state index contributed by atoms with van der Waals surface area (Å²) in [7, 11) is 0. The van der Waals surface area contributed by atoms with Gasteiger partial charge in [0.25, 0.3) is 11.6 Å². The summed E-state index contributed by atoms with van der Waals surface area (Å²) in [6.45, 7) is 3.29. The Kier molecular flexibility index (Phi) is 6.30. The summed E-state index contributed by atoms with van der Waals surface area (Å²) in [5.74, 6) is -1.43. The maximum atomic E-state index is 13.0. The van der Waals surface area contributed by atoms with Crippen molar-refractivity contribution in [3.8, 4) is 11.3 Å². The van der Waals surface area contributed by atoms with Gasteiger partial charge in [0.2, 0.25) is 0 Å². The number of nitrogens with one attached hydrogen (secondary N) is 1. The number of benzene rings is 2. The minimum atomic E-state index is -0.731. The summed E-state index contributed by atoms with van der Waals surface area (Å²) in [4.78, 5) is 40.5. The number of aromatic nitrogens is 3. The molecule has 0 aliphatic carbocycles. The highest BCUT2D eigenvalue weighted by Crippen LogP contribution is 2.27. The van der Waals surface area contributed by atoms with Crippen LogP contribution in [0.5, 0.6) is 0 Å². The molecule has 1 amide bonds. The molecule has 0 radical (unpaired) electrons. The number of hydrogen-bond acceptors (Lipinski definition) is 7. The maximum Gasteiger partial charge on any atom is 0.339 e. The van der Waals surface area contributed by atoms with E-state index in [-0.39, 0.29) is 23.0 Å². The van der Waals surface area contributed by atoms with Gasteiger partial charge in [-0.2, -0.15) is 5.10 Å². The summed E-state index contributed by atoms with van der Waals surface area (Å²) in [5, 5.41) is 18.4. The fraction of sp³-hybridized carbons (Fsp3) is 0.167. The molecule has 4 rings (SSSR count). The zero-order chi connectivity index (χ0) is 24.2. The van der Waals surface area contributed by atoms with E-state index in [9.17, 15) is 19.7 Å². The molecule has 172 valence electrons. The third kappa shape index (κ3) is 4.60. The quantitative estimate of drug-likeness (QED) is 0.247. The minimum absolute atomic E-state index is 0.00679. The fourth-order valence-electron chi connectivity index (χ4n) is 3.46. The lowest BCUT2D eigenvalue weighted by Crippen LogP contribution is -2.21. The van der Waals surface area contributed by atoms with E-state index in [0.717, 1.165) is 5.56 Å². The van der Waals surface area contributed by atoms with E-state index < -0.39 is 23.4 Å². The summed E-state index contributed by atoms with van der Waals surface area (Å²) < 4.78 is 6.95. The Morgan fingerprint density at radius 1 is 1.12 bits per heavy atom. The van der Waals surface area contributed by atoms with Crippen LogP contribution in [-0.4, -0.2) is 38.2 Å². The number of nitro benzene ring substituents is 1. The van der Waals surface area contributed by atoms with E-state index in [1.165, 1.54) is 18.2 Å². The number of para-hydroxylation sites is 2. The largest absolute Gasteiger partial charge is 0.452 e. The third-order valence-electron chi connectivity index (χ3n) is 5.05. The van der Waals surface area contributed by atoms with Crippen LogP contribution in [-0.2, 0) is 9.53 Å². The van der Waals surface area contributed by atoms with E-state index in [0.29, 0.717) is 16.7 Å². The number of nitro groups is 1. The topological polar surface area (TPSA) is 129 Å². The van der Waals surface area contributed by atoms with Crippen LogP contribution in [0.25, 0.3) is 22.3 Å². The van der Waals surface area contributed by atoms with Gasteiger partial charge in [0.15, 0.2) is 12.3 Å². The Bertz CT molecular complexity index is 1380. The first-order chi connectivity index (χ1) is 16.3. The van der Waals surface area contributed by atoms with Crippen molar-refractivity contribution in [2.75, 3.05) is 11.9 Å². The highest BCUT2D eigenvalue weighted by atomic mass is 16.6. The molecule has 0 aliphatic heterocycles. The van der Waals surface area contributed by atoms with Gasteiger partial charge in [-0.15, -0.1) is 0 Å². The molecular formula is C24H21N5O5. The van der Waals surface area contributed by atoms with Crippen LogP contribution in [0, 0.1) is 10.1 Å². The predicted molar refractivity (Wildman–Crippen MR) is 125 cm³/mol. The summed E-state index contributed by atoms with van der Waals surface area (Å²) >= 11 is 0. The summed E-state index contributed by atoms with van der Waals surface area (Å²) in [6, 6.07) is 16.7. The number of nitrogens with zero attached hydrogens (tertiary/aromatic N) is 4. The van der Waals surface area contributed by atoms with Crippen LogP contribution in [0.2, 0.25) is 0 Å². The second kappa shape index (κ2) is 9.49. The normalized spacial score (nSPS) is 10.9. The number of amides is 1. The highest BCUT2D eigenvalue weighted by molar-refractivity contribution is 6.05. The maximum absolute atomic E-state index is 13.0. The van der Waals surface area contributed by atoms with Crippen molar-refractivity contribution in [1.82, 2.24) is 14.8 Å². The second-order valence-corrected chi connectivity index (χ2v) is 7.74. The third-order valence-corrected chi connectivity index (χ3v) is 5.05. The van der Waals surface area contributed by atoms with E-state index in [2.05, 4.69) is 10.4 Å². The molecule has 0 atom stereocenters. The van der Waals surface area contributed by atoms with Crippen molar-refractivity contribution in [2.45, 2.75) is 19.9 Å². The Labute approximate surface area is 194 Å². The van der Waals surface area contributed by atoms with Gasteiger partial charge >= 0.3 is 5.97 Å². The van der Waals surface area contributed by atoms with Crippen molar-refractivity contribution in [2.24, 2.45) is 0 Å². The number of fused-ring (bicyclic) bond motifs is 1. The van der Waals surface area contributed by atoms with Gasteiger partial charge in [0.05, 0.1) is 27.8 Å². The molecule has 2 aromatic carbocycles. The minimum Gasteiger partial charge on any atom is -0.452 e. The fourth-order valence-corrected chi connectivity index (χ4v) is 3.46. The first-order valence-corrected chi connectivity index (χ1v) is 10.5. The Hall–Kier alpha value is -4.60. The molecule has 1 N–H and O–H groups in total. The number of anilines is 1. The Morgan fingerprint density at radius 3 is 2.53 bits per heavy atom. The lowest BCUT2D eigenvalue weighted by Gasteiger charge is -2.11. The van der Waals surface area contributed by atoms with E-state index in [1.54, 1.807) is 23.0 Å². The van der Waals surface area contributed by atoms with Crippen LogP contribution in [0.15, 0.2) is 66.9 Å². The second-order valence-electron chi connectivity index (χ2n) is 7.74. The van der Waals surface area contributed by atoms with Crippen LogP contribution >= 0.6 is 0 Å². The number of pyridine rings is 1. The average molecular weight is 459 g/mol. The summed E-state index contributed by atoms with van der Waals surface area (Å²) in [6.07, 6.45) is 1.54. The lowest BCUT2D eigenvalue weighted by molar-refractivity contribution is -0.383. The molecule has 0 fully saturated rings. The van der Waals surface area contributed by atoms with Gasteiger partial charge in [-0.25, -0.2) is 14.5 Å². The highest BCUT2D eigenvalue weighted by Gasteiger charge is 2.21. The molecule has 2 aromatic heterocycles.